The number of amides is 1. The predicted octanol–water partition coefficient (Wildman–Crippen LogP) is 1.62. The smallest absolute Gasteiger partial charge is 0.263 e. The Balaban J connectivity index is 0.00000280. The highest BCUT2D eigenvalue weighted by Crippen LogP contribution is 2.20. The first-order valence-corrected chi connectivity index (χ1v) is 9.38. The first-order chi connectivity index (χ1) is 13.1. The molecule has 0 spiro atoms. The minimum atomic E-state index is -0.506. The molecule has 8 nitrogen and oxygen atoms in total. The molecule has 1 atom stereocenters. The molecule has 1 fully saturated rings. The summed E-state index contributed by atoms with van der Waals surface area (Å²) in [5.41, 5.74) is 6.59. The molecule has 1 saturated heterocycles. The second-order valence-electron chi connectivity index (χ2n) is 6.63. The molecule has 1 aliphatic rings. The van der Waals surface area contributed by atoms with Crippen LogP contribution < -0.4 is 10.5 Å². The average Bonchev–Trinajstić information content (AvgIpc) is 3.16. The molecule has 1 amide bonds. The van der Waals surface area contributed by atoms with E-state index in [2.05, 4.69) is 22.0 Å². The van der Waals surface area contributed by atoms with E-state index in [9.17, 15) is 4.79 Å². The highest BCUT2D eigenvalue weighted by Gasteiger charge is 2.27. The standard InChI is InChI=1S/C19H27N5O3.ClH/c1-3-15-6-4-5-7-16(15)26-14(2)19(25)24-10-8-23(9-11-24)13-17-21-18(12-20)27-22-17;/h4-7,14H,3,8-13,20H2,1-2H3;1H. The van der Waals surface area contributed by atoms with Crippen molar-refractivity contribution in [3.63, 3.8) is 0 Å². The van der Waals surface area contributed by atoms with Crippen LogP contribution in [0.25, 0.3) is 0 Å². The quantitative estimate of drug-likeness (QED) is 0.741. The van der Waals surface area contributed by atoms with Crippen molar-refractivity contribution in [2.24, 2.45) is 5.73 Å². The second-order valence-corrected chi connectivity index (χ2v) is 6.63. The van der Waals surface area contributed by atoms with Crippen molar-refractivity contribution in [1.82, 2.24) is 19.9 Å². The predicted molar refractivity (Wildman–Crippen MR) is 107 cm³/mol. The van der Waals surface area contributed by atoms with Crippen molar-refractivity contribution < 1.29 is 14.1 Å². The van der Waals surface area contributed by atoms with Gasteiger partial charge in [-0.2, -0.15) is 4.98 Å². The average molecular weight is 410 g/mol. The van der Waals surface area contributed by atoms with Gasteiger partial charge < -0.3 is 19.9 Å². The molecule has 154 valence electrons. The van der Waals surface area contributed by atoms with Gasteiger partial charge in [0.05, 0.1) is 13.1 Å². The van der Waals surface area contributed by atoms with Gasteiger partial charge in [-0.15, -0.1) is 12.4 Å². The van der Waals surface area contributed by atoms with E-state index in [1.165, 1.54) is 0 Å². The summed E-state index contributed by atoms with van der Waals surface area (Å²) < 4.78 is 11.0. The SMILES string of the molecule is CCc1ccccc1OC(C)C(=O)N1CCN(Cc2noc(CN)n2)CC1.Cl. The molecule has 9 heteroatoms. The molecule has 1 aromatic carbocycles. The van der Waals surface area contributed by atoms with Crippen LogP contribution in [-0.2, 0) is 24.3 Å². The molecule has 0 aliphatic carbocycles. The highest BCUT2D eigenvalue weighted by atomic mass is 35.5. The summed E-state index contributed by atoms with van der Waals surface area (Å²) in [7, 11) is 0. The Bertz CT molecular complexity index is 762. The molecule has 28 heavy (non-hydrogen) atoms. The molecule has 3 rings (SSSR count). The van der Waals surface area contributed by atoms with E-state index in [0.717, 1.165) is 30.8 Å². The third-order valence-corrected chi connectivity index (χ3v) is 4.74. The lowest BCUT2D eigenvalue weighted by Gasteiger charge is -2.35. The van der Waals surface area contributed by atoms with Gasteiger partial charge in [-0.1, -0.05) is 30.3 Å². The highest BCUT2D eigenvalue weighted by molar-refractivity contribution is 5.85. The van der Waals surface area contributed by atoms with E-state index in [1.807, 2.05) is 36.1 Å². The summed E-state index contributed by atoms with van der Waals surface area (Å²) in [6.45, 7) is 7.57. The van der Waals surface area contributed by atoms with Gasteiger partial charge in [0.15, 0.2) is 11.9 Å². The number of aryl methyl sites for hydroxylation is 1. The van der Waals surface area contributed by atoms with Crippen LogP contribution in [0.1, 0.15) is 31.1 Å². The first kappa shape index (κ1) is 22.1. The number of hydrogen-bond acceptors (Lipinski definition) is 7. The van der Waals surface area contributed by atoms with Gasteiger partial charge in [-0.05, 0) is 25.0 Å². The molecule has 1 aliphatic heterocycles. The topological polar surface area (TPSA) is 97.7 Å². The number of carbonyl (C=O) groups excluding carboxylic acids is 1. The van der Waals surface area contributed by atoms with Gasteiger partial charge in [0, 0.05) is 26.2 Å². The van der Waals surface area contributed by atoms with Crippen LogP contribution in [0.15, 0.2) is 28.8 Å². The van der Waals surface area contributed by atoms with E-state index in [4.69, 9.17) is 15.0 Å². The molecule has 0 saturated carbocycles. The fourth-order valence-corrected chi connectivity index (χ4v) is 3.17. The zero-order valence-corrected chi connectivity index (χ0v) is 17.2. The maximum Gasteiger partial charge on any atom is 0.263 e. The molecular formula is C19H28ClN5O3. The van der Waals surface area contributed by atoms with Crippen molar-refractivity contribution in [1.29, 1.82) is 0 Å². The number of nitrogens with two attached hydrogens (primary N) is 1. The van der Waals surface area contributed by atoms with Crippen molar-refractivity contribution >= 4 is 18.3 Å². The molecule has 2 heterocycles. The Morgan fingerprint density at radius 2 is 2.00 bits per heavy atom. The van der Waals surface area contributed by atoms with Gasteiger partial charge in [-0.25, -0.2) is 0 Å². The first-order valence-electron chi connectivity index (χ1n) is 9.38. The maximum absolute atomic E-state index is 12.7. The Hall–Kier alpha value is -2.16. The van der Waals surface area contributed by atoms with Gasteiger partial charge in [0.1, 0.15) is 5.75 Å². The number of halogens is 1. The van der Waals surface area contributed by atoms with Crippen LogP contribution in [-0.4, -0.2) is 58.1 Å². The fraction of sp³-hybridized carbons (Fsp3) is 0.526. The van der Waals surface area contributed by atoms with E-state index in [1.54, 1.807) is 0 Å². The number of nitrogens with zero attached hydrogens (tertiary/aromatic N) is 4. The van der Waals surface area contributed by atoms with Crippen LogP contribution in [0.2, 0.25) is 0 Å². The van der Waals surface area contributed by atoms with E-state index in [-0.39, 0.29) is 24.9 Å². The number of piperazine rings is 1. The molecule has 2 aromatic rings. The van der Waals surface area contributed by atoms with E-state index < -0.39 is 6.10 Å². The van der Waals surface area contributed by atoms with E-state index in [0.29, 0.717) is 31.3 Å². The Morgan fingerprint density at radius 3 is 2.64 bits per heavy atom. The molecule has 0 radical (unpaired) electrons. The van der Waals surface area contributed by atoms with Crippen LogP contribution in [0.5, 0.6) is 5.75 Å². The summed E-state index contributed by atoms with van der Waals surface area (Å²) in [4.78, 5) is 21.0. The van der Waals surface area contributed by atoms with Gasteiger partial charge in [0.2, 0.25) is 5.89 Å². The van der Waals surface area contributed by atoms with E-state index >= 15 is 0 Å². The lowest BCUT2D eigenvalue weighted by molar-refractivity contribution is -0.139. The third-order valence-electron chi connectivity index (χ3n) is 4.74. The van der Waals surface area contributed by atoms with Crippen LogP contribution in [0, 0.1) is 0 Å². The number of benzene rings is 1. The number of aromatic nitrogens is 2. The van der Waals surface area contributed by atoms with Gasteiger partial charge >= 0.3 is 0 Å². The van der Waals surface area contributed by atoms with Crippen molar-refractivity contribution in [2.45, 2.75) is 39.5 Å². The van der Waals surface area contributed by atoms with Crippen molar-refractivity contribution in [3.8, 4) is 5.75 Å². The monoisotopic (exact) mass is 409 g/mol. The molecule has 2 N–H and O–H groups in total. The lowest BCUT2D eigenvalue weighted by atomic mass is 10.1. The fourth-order valence-electron chi connectivity index (χ4n) is 3.17. The van der Waals surface area contributed by atoms with Crippen LogP contribution in [0.4, 0.5) is 0 Å². The molecule has 1 aromatic heterocycles. The zero-order valence-electron chi connectivity index (χ0n) is 16.3. The molecule has 0 bridgehead atoms. The summed E-state index contributed by atoms with van der Waals surface area (Å²) in [6.07, 6.45) is 0.367. The minimum Gasteiger partial charge on any atom is -0.481 e. The number of hydrogen-bond donors (Lipinski definition) is 1. The van der Waals surface area contributed by atoms with Crippen LogP contribution in [0.3, 0.4) is 0 Å². The molecular weight excluding hydrogens is 382 g/mol. The normalized spacial score (nSPS) is 15.8. The van der Waals surface area contributed by atoms with Crippen molar-refractivity contribution in [3.05, 3.63) is 41.5 Å². The maximum atomic E-state index is 12.7. The summed E-state index contributed by atoms with van der Waals surface area (Å²) in [6, 6.07) is 7.86. The zero-order chi connectivity index (χ0) is 19.2. The second kappa shape index (κ2) is 10.4. The summed E-state index contributed by atoms with van der Waals surface area (Å²) in [5.74, 6) is 1.87. The number of para-hydroxylation sites is 1. The molecule has 1 unspecified atom stereocenters. The van der Waals surface area contributed by atoms with Crippen molar-refractivity contribution in [2.75, 3.05) is 26.2 Å². The third kappa shape index (κ3) is 5.43. The number of carbonyl (C=O) groups is 1. The number of ether oxygens (including phenoxy) is 1. The van der Waals surface area contributed by atoms with Gasteiger partial charge in [0.25, 0.3) is 5.91 Å². The Morgan fingerprint density at radius 1 is 1.29 bits per heavy atom. The largest absolute Gasteiger partial charge is 0.481 e. The Labute approximate surface area is 171 Å². The lowest BCUT2D eigenvalue weighted by Crippen LogP contribution is -2.51. The van der Waals surface area contributed by atoms with Gasteiger partial charge in [-0.3, -0.25) is 9.69 Å². The summed E-state index contributed by atoms with van der Waals surface area (Å²) >= 11 is 0. The Kier molecular flexibility index (Phi) is 8.22. The summed E-state index contributed by atoms with van der Waals surface area (Å²) in [5, 5.41) is 3.92. The minimum absolute atomic E-state index is 0. The number of rotatable bonds is 7. The van der Waals surface area contributed by atoms with Crippen LogP contribution >= 0.6 is 12.4 Å².